The summed E-state index contributed by atoms with van der Waals surface area (Å²) in [5.74, 6) is 0. The lowest BCUT2D eigenvalue weighted by molar-refractivity contribution is -0.384. The maximum atomic E-state index is 11.7. The van der Waals surface area contributed by atoms with Gasteiger partial charge < -0.3 is 5.32 Å². The molecule has 110 valence electrons. The first-order valence-electron chi connectivity index (χ1n) is 6.65. The highest BCUT2D eigenvalue weighted by Crippen LogP contribution is 2.28. The zero-order chi connectivity index (χ0) is 15.2. The van der Waals surface area contributed by atoms with Crippen LogP contribution in [0.25, 0.3) is 0 Å². The van der Waals surface area contributed by atoms with Crippen LogP contribution >= 0.6 is 0 Å². The van der Waals surface area contributed by atoms with Gasteiger partial charge in [0.1, 0.15) is 5.69 Å². The largest absolute Gasteiger partial charge is 0.379 e. The molecule has 0 atom stereocenters. The van der Waals surface area contributed by atoms with Gasteiger partial charge in [-0.2, -0.15) is 5.10 Å². The van der Waals surface area contributed by atoms with Gasteiger partial charge in [0.05, 0.1) is 11.5 Å². The van der Waals surface area contributed by atoms with E-state index in [1.54, 1.807) is 18.2 Å². The first kappa shape index (κ1) is 14.7. The summed E-state index contributed by atoms with van der Waals surface area (Å²) in [6.45, 7) is 2.78. The molecule has 21 heavy (non-hydrogen) atoms. The van der Waals surface area contributed by atoms with Gasteiger partial charge in [-0.15, -0.1) is 0 Å². The van der Waals surface area contributed by atoms with E-state index in [1.165, 1.54) is 23.0 Å². The average molecular weight is 288 g/mol. The molecule has 0 amide bonds. The van der Waals surface area contributed by atoms with Crippen molar-refractivity contribution in [3.8, 4) is 0 Å². The summed E-state index contributed by atoms with van der Waals surface area (Å²) in [6, 6.07) is 7.78. The minimum absolute atomic E-state index is 0.00456. The molecule has 1 heterocycles. The predicted octanol–water partition coefficient (Wildman–Crippen LogP) is 2.02. The third kappa shape index (κ3) is 3.44. The molecule has 1 N–H and O–H groups in total. The quantitative estimate of drug-likeness (QED) is 0.648. The van der Waals surface area contributed by atoms with Gasteiger partial charge in [0, 0.05) is 30.4 Å². The van der Waals surface area contributed by atoms with Crippen LogP contribution in [0.4, 0.5) is 11.4 Å². The predicted molar refractivity (Wildman–Crippen MR) is 79.5 cm³/mol. The van der Waals surface area contributed by atoms with E-state index < -0.39 is 4.92 Å². The van der Waals surface area contributed by atoms with Crippen LogP contribution in [0.1, 0.15) is 18.9 Å². The number of nitro groups is 1. The molecule has 0 radical (unpaired) electrons. The molecule has 0 aliphatic carbocycles. The van der Waals surface area contributed by atoms with Crippen LogP contribution in [-0.2, 0) is 6.54 Å². The molecule has 0 fully saturated rings. The number of benzene rings is 1. The van der Waals surface area contributed by atoms with Gasteiger partial charge in [-0.3, -0.25) is 14.9 Å². The molecule has 0 bridgehead atoms. The molecule has 1 aromatic carbocycles. The van der Waals surface area contributed by atoms with Gasteiger partial charge in [0.15, 0.2) is 0 Å². The van der Waals surface area contributed by atoms with Crippen LogP contribution in [0.5, 0.6) is 0 Å². The van der Waals surface area contributed by atoms with Crippen molar-refractivity contribution in [2.24, 2.45) is 0 Å². The maximum Gasteiger partial charge on any atom is 0.292 e. The first-order chi connectivity index (χ1) is 10.1. The zero-order valence-electron chi connectivity index (χ0n) is 11.7. The van der Waals surface area contributed by atoms with E-state index >= 15 is 0 Å². The fourth-order valence-electron chi connectivity index (χ4n) is 1.99. The van der Waals surface area contributed by atoms with Crippen molar-refractivity contribution in [3.63, 3.8) is 0 Å². The SMILES string of the molecule is CCCNc1c(Cn2ncccc2=O)cccc1[N+](=O)[O-]. The minimum Gasteiger partial charge on any atom is -0.379 e. The van der Waals surface area contributed by atoms with Gasteiger partial charge in [-0.1, -0.05) is 19.1 Å². The Labute approximate surface area is 121 Å². The number of hydrogen-bond donors (Lipinski definition) is 1. The van der Waals surface area contributed by atoms with E-state index in [1.807, 2.05) is 6.92 Å². The molecule has 0 saturated heterocycles. The standard InChI is InChI=1S/C14H16N4O3/c1-2-8-15-14-11(5-3-6-12(14)18(20)21)10-17-13(19)7-4-9-16-17/h3-7,9,15H,2,8,10H2,1H3. The van der Waals surface area contributed by atoms with Crippen LogP contribution in [0.2, 0.25) is 0 Å². The molecule has 0 spiro atoms. The average Bonchev–Trinajstić information content (AvgIpc) is 2.48. The number of nitrogens with one attached hydrogen (secondary N) is 1. The maximum absolute atomic E-state index is 11.7. The number of aromatic nitrogens is 2. The van der Waals surface area contributed by atoms with Crippen LogP contribution in [0.15, 0.2) is 41.3 Å². The molecular formula is C14H16N4O3. The Hall–Kier alpha value is -2.70. The van der Waals surface area contributed by atoms with E-state index in [4.69, 9.17) is 0 Å². The molecule has 0 aliphatic rings. The summed E-state index contributed by atoms with van der Waals surface area (Å²) in [4.78, 5) is 22.4. The number of hydrogen-bond acceptors (Lipinski definition) is 5. The number of nitro benzene ring substituents is 1. The molecule has 7 nitrogen and oxygen atoms in total. The first-order valence-corrected chi connectivity index (χ1v) is 6.65. The number of nitrogens with zero attached hydrogens (tertiary/aromatic N) is 3. The topological polar surface area (TPSA) is 90.1 Å². The molecule has 2 rings (SSSR count). The van der Waals surface area contributed by atoms with Gasteiger partial charge in [0.25, 0.3) is 11.2 Å². The highest BCUT2D eigenvalue weighted by molar-refractivity contribution is 5.66. The minimum atomic E-state index is -0.428. The normalized spacial score (nSPS) is 10.3. The Bertz CT molecular complexity index is 697. The lowest BCUT2D eigenvalue weighted by Gasteiger charge is -2.12. The van der Waals surface area contributed by atoms with E-state index in [0.29, 0.717) is 17.8 Å². The van der Waals surface area contributed by atoms with E-state index in [2.05, 4.69) is 10.4 Å². The van der Waals surface area contributed by atoms with Crippen LogP contribution < -0.4 is 10.9 Å². The smallest absolute Gasteiger partial charge is 0.292 e. The number of rotatable bonds is 6. The van der Waals surface area contributed by atoms with Gasteiger partial charge in [-0.25, -0.2) is 4.68 Å². The van der Waals surface area contributed by atoms with Crippen LogP contribution in [-0.4, -0.2) is 21.2 Å². The van der Waals surface area contributed by atoms with Gasteiger partial charge >= 0.3 is 0 Å². The highest BCUT2D eigenvalue weighted by Gasteiger charge is 2.17. The Kier molecular flexibility index (Phi) is 4.65. The Balaban J connectivity index is 2.42. The monoisotopic (exact) mass is 288 g/mol. The van der Waals surface area contributed by atoms with Crippen molar-refractivity contribution in [2.45, 2.75) is 19.9 Å². The third-order valence-electron chi connectivity index (χ3n) is 2.98. The van der Waals surface area contributed by atoms with Crippen molar-refractivity contribution in [1.29, 1.82) is 0 Å². The molecule has 0 saturated carbocycles. The summed E-state index contributed by atoms with van der Waals surface area (Å²) in [7, 11) is 0. The van der Waals surface area contributed by atoms with E-state index in [-0.39, 0.29) is 17.8 Å². The van der Waals surface area contributed by atoms with Crippen molar-refractivity contribution < 1.29 is 4.92 Å². The molecule has 7 heteroatoms. The van der Waals surface area contributed by atoms with Crippen molar-refractivity contribution >= 4 is 11.4 Å². The summed E-state index contributed by atoms with van der Waals surface area (Å²) in [5.41, 5.74) is 0.871. The molecule has 0 aliphatic heterocycles. The number of anilines is 1. The second-order valence-electron chi connectivity index (χ2n) is 4.51. The third-order valence-corrected chi connectivity index (χ3v) is 2.98. The molecular weight excluding hydrogens is 272 g/mol. The summed E-state index contributed by atoms with van der Waals surface area (Å²) >= 11 is 0. The fourth-order valence-corrected chi connectivity index (χ4v) is 1.99. The Morgan fingerprint density at radius 3 is 2.81 bits per heavy atom. The van der Waals surface area contributed by atoms with E-state index in [0.717, 1.165) is 6.42 Å². The van der Waals surface area contributed by atoms with Crippen LogP contribution in [0.3, 0.4) is 0 Å². The van der Waals surface area contributed by atoms with E-state index in [9.17, 15) is 14.9 Å². The Morgan fingerprint density at radius 2 is 2.14 bits per heavy atom. The molecule has 2 aromatic rings. The second kappa shape index (κ2) is 6.65. The summed E-state index contributed by atoms with van der Waals surface area (Å²) in [5, 5.41) is 18.2. The van der Waals surface area contributed by atoms with Crippen molar-refractivity contribution in [2.75, 3.05) is 11.9 Å². The lowest BCUT2D eigenvalue weighted by Crippen LogP contribution is -2.22. The molecule has 1 aromatic heterocycles. The van der Waals surface area contributed by atoms with Crippen molar-refractivity contribution in [3.05, 3.63) is 62.6 Å². The van der Waals surface area contributed by atoms with Gasteiger partial charge in [0.2, 0.25) is 0 Å². The van der Waals surface area contributed by atoms with Crippen molar-refractivity contribution in [1.82, 2.24) is 9.78 Å². The number of para-hydroxylation sites is 1. The summed E-state index contributed by atoms with van der Waals surface area (Å²) < 4.78 is 1.27. The lowest BCUT2D eigenvalue weighted by atomic mass is 10.1. The Morgan fingerprint density at radius 1 is 1.33 bits per heavy atom. The fraction of sp³-hybridized carbons (Fsp3) is 0.286. The zero-order valence-corrected chi connectivity index (χ0v) is 11.7. The van der Waals surface area contributed by atoms with Gasteiger partial charge in [-0.05, 0) is 12.5 Å². The highest BCUT2D eigenvalue weighted by atomic mass is 16.6. The van der Waals surface area contributed by atoms with Crippen LogP contribution in [0, 0.1) is 10.1 Å². The second-order valence-corrected chi connectivity index (χ2v) is 4.51. The molecule has 0 unspecified atom stereocenters. The summed E-state index contributed by atoms with van der Waals surface area (Å²) in [6.07, 6.45) is 2.35.